The number of anilines is 1. The van der Waals surface area contributed by atoms with Crippen LogP contribution in [0.3, 0.4) is 0 Å². The highest BCUT2D eigenvalue weighted by Crippen LogP contribution is 2.30. The number of amides is 2. The van der Waals surface area contributed by atoms with Gasteiger partial charge in [-0.15, -0.1) is 0 Å². The van der Waals surface area contributed by atoms with Crippen molar-refractivity contribution in [2.24, 2.45) is 0 Å². The van der Waals surface area contributed by atoms with E-state index in [9.17, 15) is 9.59 Å². The smallest absolute Gasteiger partial charge is 0.253 e. The molecule has 6 heteroatoms. The monoisotopic (exact) mass is 338 g/mol. The van der Waals surface area contributed by atoms with Crippen LogP contribution in [0.5, 0.6) is 0 Å². The van der Waals surface area contributed by atoms with Crippen molar-refractivity contribution in [1.82, 2.24) is 14.7 Å². The van der Waals surface area contributed by atoms with Crippen LogP contribution in [0.25, 0.3) is 0 Å². The minimum atomic E-state index is 0.0518. The third-order valence-corrected chi connectivity index (χ3v) is 5.18. The van der Waals surface area contributed by atoms with Gasteiger partial charge in [-0.3, -0.25) is 14.3 Å². The fraction of sp³-hybridized carbons (Fsp3) is 0.421. The van der Waals surface area contributed by atoms with E-state index >= 15 is 0 Å². The summed E-state index contributed by atoms with van der Waals surface area (Å²) in [6.45, 7) is 3.76. The van der Waals surface area contributed by atoms with Crippen LogP contribution in [0.1, 0.15) is 41.7 Å². The average Bonchev–Trinajstić information content (AvgIpc) is 3.30. The Balaban J connectivity index is 1.52. The molecule has 1 aromatic carbocycles. The molecule has 1 atom stereocenters. The Morgan fingerprint density at radius 1 is 1.24 bits per heavy atom. The number of benzene rings is 1. The maximum absolute atomic E-state index is 12.9. The third-order valence-electron chi connectivity index (χ3n) is 5.18. The van der Waals surface area contributed by atoms with E-state index in [2.05, 4.69) is 5.10 Å². The summed E-state index contributed by atoms with van der Waals surface area (Å²) in [6.07, 6.45) is 6.58. The Morgan fingerprint density at radius 2 is 2.12 bits per heavy atom. The number of rotatable bonds is 2. The molecule has 0 bridgehead atoms. The van der Waals surface area contributed by atoms with Crippen molar-refractivity contribution in [2.45, 2.75) is 32.2 Å². The molecule has 25 heavy (non-hydrogen) atoms. The summed E-state index contributed by atoms with van der Waals surface area (Å²) in [7, 11) is 0. The van der Waals surface area contributed by atoms with Gasteiger partial charge in [-0.05, 0) is 49.1 Å². The van der Waals surface area contributed by atoms with Gasteiger partial charge in [-0.25, -0.2) is 0 Å². The second-order valence-electron chi connectivity index (χ2n) is 6.80. The summed E-state index contributed by atoms with van der Waals surface area (Å²) < 4.78 is 1.95. The minimum Gasteiger partial charge on any atom is -0.337 e. The van der Waals surface area contributed by atoms with Gasteiger partial charge in [0.15, 0.2) is 0 Å². The van der Waals surface area contributed by atoms with Gasteiger partial charge in [0, 0.05) is 50.2 Å². The molecule has 2 aliphatic rings. The number of hydrogen-bond acceptors (Lipinski definition) is 3. The third kappa shape index (κ3) is 2.92. The first kappa shape index (κ1) is 15.9. The van der Waals surface area contributed by atoms with E-state index in [1.807, 2.05) is 40.0 Å². The summed E-state index contributed by atoms with van der Waals surface area (Å²) in [5.41, 5.74) is 2.74. The molecule has 1 fully saturated rings. The van der Waals surface area contributed by atoms with Gasteiger partial charge in [0.25, 0.3) is 5.91 Å². The van der Waals surface area contributed by atoms with Crippen LogP contribution in [-0.4, -0.2) is 46.1 Å². The van der Waals surface area contributed by atoms with Crippen molar-refractivity contribution in [1.29, 1.82) is 0 Å². The highest BCUT2D eigenvalue weighted by Gasteiger charge is 2.28. The topological polar surface area (TPSA) is 58.4 Å². The summed E-state index contributed by atoms with van der Waals surface area (Å²) in [5, 5.41) is 4.32. The molecule has 0 spiro atoms. The largest absolute Gasteiger partial charge is 0.337 e. The number of fused-ring (bicyclic) bond motifs is 1. The predicted octanol–water partition coefficient (Wildman–Crippen LogP) is 2.27. The van der Waals surface area contributed by atoms with Crippen LogP contribution < -0.4 is 4.90 Å². The normalized spacial score (nSPS) is 19.8. The quantitative estimate of drug-likeness (QED) is 0.844. The van der Waals surface area contributed by atoms with Gasteiger partial charge < -0.3 is 9.80 Å². The van der Waals surface area contributed by atoms with Crippen molar-refractivity contribution in [3.05, 3.63) is 47.8 Å². The molecule has 6 nitrogen and oxygen atoms in total. The van der Waals surface area contributed by atoms with E-state index in [-0.39, 0.29) is 17.9 Å². The molecular formula is C19H22N4O2. The van der Waals surface area contributed by atoms with Crippen LogP contribution in [0, 0.1) is 0 Å². The standard InChI is InChI=1S/C19H22N4O2/c1-14(24)22-11-7-15-12-16(5-6-18(15)22)19(25)21-9-2-4-17(13-21)23-10-3-8-20-23/h3,5-6,8,10,12,17H,2,4,7,9,11,13H2,1H3. The molecule has 2 aromatic rings. The summed E-state index contributed by atoms with van der Waals surface area (Å²) in [5.74, 6) is 0.122. The predicted molar refractivity (Wildman–Crippen MR) is 94.6 cm³/mol. The molecule has 2 amide bonds. The van der Waals surface area contributed by atoms with Crippen molar-refractivity contribution in [3.8, 4) is 0 Å². The van der Waals surface area contributed by atoms with Crippen molar-refractivity contribution >= 4 is 17.5 Å². The number of nitrogens with zero attached hydrogens (tertiary/aromatic N) is 4. The van der Waals surface area contributed by atoms with Crippen LogP contribution in [0.15, 0.2) is 36.7 Å². The summed E-state index contributed by atoms with van der Waals surface area (Å²) in [4.78, 5) is 28.3. The zero-order valence-electron chi connectivity index (χ0n) is 14.4. The van der Waals surface area contributed by atoms with E-state index in [1.54, 1.807) is 18.0 Å². The molecular weight excluding hydrogens is 316 g/mol. The van der Waals surface area contributed by atoms with E-state index in [1.165, 1.54) is 0 Å². The van der Waals surface area contributed by atoms with Crippen LogP contribution in [-0.2, 0) is 11.2 Å². The SMILES string of the molecule is CC(=O)N1CCc2cc(C(=O)N3CCCC(n4cccn4)C3)ccc21. The molecule has 3 heterocycles. The molecule has 1 aromatic heterocycles. The molecule has 4 rings (SSSR count). The first-order valence-corrected chi connectivity index (χ1v) is 8.83. The Kier molecular flexibility index (Phi) is 4.03. The molecule has 0 aliphatic carbocycles. The van der Waals surface area contributed by atoms with E-state index in [4.69, 9.17) is 0 Å². The first-order valence-electron chi connectivity index (χ1n) is 8.83. The molecule has 1 saturated heterocycles. The molecule has 0 saturated carbocycles. The Morgan fingerprint density at radius 3 is 2.88 bits per heavy atom. The number of hydrogen-bond donors (Lipinski definition) is 0. The van der Waals surface area contributed by atoms with Gasteiger partial charge in [0.1, 0.15) is 0 Å². The number of piperidine rings is 1. The van der Waals surface area contributed by atoms with E-state index < -0.39 is 0 Å². The number of carbonyl (C=O) groups is 2. The number of aromatic nitrogens is 2. The van der Waals surface area contributed by atoms with Gasteiger partial charge in [-0.2, -0.15) is 5.10 Å². The summed E-state index contributed by atoms with van der Waals surface area (Å²) >= 11 is 0. The minimum absolute atomic E-state index is 0.0518. The zero-order chi connectivity index (χ0) is 17.4. The lowest BCUT2D eigenvalue weighted by atomic mass is 10.0. The lowest BCUT2D eigenvalue weighted by molar-refractivity contribution is -0.116. The molecule has 0 N–H and O–H groups in total. The first-order chi connectivity index (χ1) is 12.1. The average molecular weight is 338 g/mol. The Hall–Kier alpha value is -2.63. The fourth-order valence-corrected chi connectivity index (χ4v) is 3.90. The van der Waals surface area contributed by atoms with Gasteiger partial charge in [0.2, 0.25) is 5.91 Å². The van der Waals surface area contributed by atoms with Crippen LogP contribution in [0.2, 0.25) is 0 Å². The number of carbonyl (C=O) groups excluding carboxylic acids is 2. The van der Waals surface area contributed by atoms with Crippen LogP contribution in [0.4, 0.5) is 5.69 Å². The van der Waals surface area contributed by atoms with Crippen molar-refractivity contribution < 1.29 is 9.59 Å². The van der Waals surface area contributed by atoms with Gasteiger partial charge >= 0.3 is 0 Å². The van der Waals surface area contributed by atoms with Crippen molar-refractivity contribution in [3.63, 3.8) is 0 Å². The maximum atomic E-state index is 12.9. The molecule has 2 aliphatic heterocycles. The lowest BCUT2D eigenvalue weighted by Gasteiger charge is -2.33. The van der Waals surface area contributed by atoms with E-state index in [0.717, 1.165) is 37.1 Å². The van der Waals surface area contributed by atoms with E-state index in [0.29, 0.717) is 18.7 Å². The molecule has 130 valence electrons. The highest BCUT2D eigenvalue weighted by molar-refractivity contribution is 5.98. The van der Waals surface area contributed by atoms with Gasteiger partial charge in [0.05, 0.1) is 6.04 Å². The Labute approximate surface area is 147 Å². The lowest BCUT2D eigenvalue weighted by Crippen LogP contribution is -2.40. The van der Waals surface area contributed by atoms with Crippen molar-refractivity contribution in [2.75, 3.05) is 24.5 Å². The summed E-state index contributed by atoms with van der Waals surface area (Å²) in [6, 6.07) is 7.88. The second kappa shape index (κ2) is 6.35. The molecule has 1 unspecified atom stereocenters. The Bertz CT molecular complexity index is 800. The van der Waals surface area contributed by atoms with Gasteiger partial charge in [-0.1, -0.05) is 0 Å². The highest BCUT2D eigenvalue weighted by atomic mass is 16.2. The number of likely N-dealkylation sites (tertiary alicyclic amines) is 1. The maximum Gasteiger partial charge on any atom is 0.253 e. The fourth-order valence-electron chi connectivity index (χ4n) is 3.90. The molecule has 0 radical (unpaired) electrons. The zero-order valence-corrected chi connectivity index (χ0v) is 14.4. The second-order valence-corrected chi connectivity index (χ2v) is 6.80. The van der Waals surface area contributed by atoms with Crippen LogP contribution >= 0.6 is 0 Å².